The van der Waals surface area contributed by atoms with Crippen molar-refractivity contribution in [2.45, 2.75) is 0 Å². The minimum Gasteiger partial charge on any atom is -0.366 e. The number of hydrogen-bond donors (Lipinski definition) is 2. The minimum atomic E-state index is -0.487. The average Bonchev–Trinajstić information content (AvgIpc) is 2.88. The molecule has 3 heterocycles. The fraction of sp³-hybridized carbons (Fsp3) is 0. The Morgan fingerprint density at radius 2 is 2.25 bits per heavy atom. The Labute approximate surface area is 114 Å². The van der Waals surface area contributed by atoms with E-state index in [1.54, 1.807) is 24.7 Å². The highest BCUT2D eigenvalue weighted by molar-refractivity contribution is 5.95. The van der Waals surface area contributed by atoms with Gasteiger partial charge in [-0.2, -0.15) is 0 Å². The van der Waals surface area contributed by atoms with Crippen molar-refractivity contribution in [1.82, 2.24) is 19.9 Å². The van der Waals surface area contributed by atoms with Crippen LogP contribution in [0.4, 0.5) is 0 Å². The number of H-pyrrole nitrogens is 1. The maximum Gasteiger partial charge on any atom is 0.241 e. The molecular weight excluding hydrogens is 254 g/mol. The number of rotatable bonds is 3. The van der Waals surface area contributed by atoms with E-state index in [4.69, 9.17) is 5.73 Å². The van der Waals surface area contributed by atoms with Gasteiger partial charge in [0.05, 0.1) is 5.69 Å². The van der Waals surface area contributed by atoms with Crippen LogP contribution in [0.2, 0.25) is 0 Å². The summed E-state index contributed by atoms with van der Waals surface area (Å²) in [5.74, 6) is -0.487. The first-order valence-electron chi connectivity index (χ1n) is 5.95. The number of aromatic nitrogens is 4. The molecule has 0 fully saturated rings. The summed E-state index contributed by atoms with van der Waals surface area (Å²) in [5.41, 5.74) is 8.37. The number of primary amides is 1. The maximum absolute atomic E-state index is 10.8. The normalized spacial score (nSPS) is 11.2. The summed E-state index contributed by atoms with van der Waals surface area (Å²) in [6.45, 7) is 0. The highest BCUT2D eigenvalue weighted by Crippen LogP contribution is 2.23. The van der Waals surface area contributed by atoms with Crippen LogP contribution < -0.4 is 5.73 Å². The van der Waals surface area contributed by atoms with E-state index >= 15 is 0 Å². The van der Waals surface area contributed by atoms with Gasteiger partial charge in [0.2, 0.25) is 5.91 Å². The number of nitrogens with two attached hydrogens (primary N) is 1. The number of hydrogen-bond acceptors (Lipinski definition) is 4. The minimum absolute atomic E-state index is 0.487. The molecule has 6 nitrogen and oxygen atoms in total. The number of pyridine rings is 1. The maximum atomic E-state index is 10.8. The summed E-state index contributed by atoms with van der Waals surface area (Å²) in [5, 5.41) is 0.901. The molecule has 0 aromatic carbocycles. The standard InChI is InChI=1S/C14H11N5O/c15-13(20)2-1-9-6-17-14-11(9)5-10(7-18-14)12-3-4-16-8-19-12/h1-8H,(H2,15,20)(H,17,18)/b2-1+. The van der Waals surface area contributed by atoms with Gasteiger partial charge < -0.3 is 10.7 Å². The topological polar surface area (TPSA) is 97.6 Å². The van der Waals surface area contributed by atoms with Crippen molar-refractivity contribution in [3.63, 3.8) is 0 Å². The number of carbonyl (C=O) groups is 1. The largest absolute Gasteiger partial charge is 0.366 e. The number of carbonyl (C=O) groups excluding carboxylic acids is 1. The van der Waals surface area contributed by atoms with Crippen LogP contribution in [-0.4, -0.2) is 25.8 Å². The van der Waals surface area contributed by atoms with Crippen molar-refractivity contribution in [2.75, 3.05) is 0 Å². The molecule has 0 spiro atoms. The predicted molar refractivity (Wildman–Crippen MR) is 75.3 cm³/mol. The fourth-order valence-corrected chi connectivity index (χ4v) is 1.94. The fourth-order valence-electron chi connectivity index (χ4n) is 1.94. The van der Waals surface area contributed by atoms with Gasteiger partial charge >= 0.3 is 0 Å². The summed E-state index contributed by atoms with van der Waals surface area (Å²) in [6, 6.07) is 3.77. The summed E-state index contributed by atoms with van der Waals surface area (Å²) in [6.07, 6.45) is 9.66. The zero-order valence-corrected chi connectivity index (χ0v) is 10.4. The molecule has 20 heavy (non-hydrogen) atoms. The van der Waals surface area contributed by atoms with E-state index in [-0.39, 0.29) is 0 Å². The molecule has 98 valence electrons. The summed E-state index contributed by atoms with van der Waals surface area (Å²) in [4.78, 5) is 26.3. The van der Waals surface area contributed by atoms with Crippen LogP contribution in [-0.2, 0) is 4.79 Å². The van der Waals surface area contributed by atoms with E-state index < -0.39 is 5.91 Å². The first-order valence-corrected chi connectivity index (χ1v) is 5.95. The van der Waals surface area contributed by atoms with Crippen LogP contribution >= 0.6 is 0 Å². The van der Waals surface area contributed by atoms with Gasteiger partial charge in [-0.1, -0.05) is 0 Å². The highest BCUT2D eigenvalue weighted by Gasteiger charge is 2.06. The summed E-state index contributed by atoms with van der Waals surface area (Å²) in [7, 11) is 0. The van der Waals surface area contributed by atoms with Crippen LogP contribution in [0.25, 0.3) is 28.4 Å². The lowest BCUT2D eigenvalue weighted by Crippen LogP contribution is -2.04. The zero-order chi connectivity index (χ0) is 13.9. The van der Waals surface area contributed by atoms with Crippen molar-refractivity contribution in [2.24, 2.45) is 5.73 Å². The molecule has 0 unspecified atom stereocenters. The Kier molecular flexibility index (Phi) is 2.96. The molecule has 6 heteroatoms. The van der Waals surface area contributed by atoms with Crippen LogP contribution in [0.1, 0.15) is 5.56 Å². The molecule has 3 N–H and O–H groups in total. The van der Waals surface area contributed by atoms with E-state index in [9.17, 15) is 4.79 Å². The Hall–Kier alpha value is -3.02. The molecular formula is C14H11N5O. The van der Waals surface area contributed by atoms with Gasteiger partial charge in [0, 0.05) is 41.2 Å². The van der Waals surface area contributed by atoms with Crippen LogP contribution in [0.5, 0.6) is 0 Å². The molecule has 0 radical (unpaired) electrons. The molecule has 3 aromatic rings. The van der Waals surface area contributed by atoms with Crippen molar-refractivity contribution < 1.29 is 4.79 Å². The van der Waals surface area contributed by atoms with Crippen molar-refractivity contribution in [3.8, 4) is 11.3 Å². The van der Waals surface area contributed by atoms with Gasteiger partial charge in [0.25, 0.3) is 0 Å². The third-order valence-electron chi connectivity index (χ3n) is 2.87. The monoisotopic (exact) mass is 265 g/mol. The molecule has 0 atom stereocenters. The molecule has 0 saturated heterocycles. The molecule has 0 aliphatic rings. The van der Waals surface area contributed by atoms with Crippen LogP contribution in [0.15, 0.2) is 43.1 Å². The zero-order valence-electron chi connectivity index (χ0n) is 10.4. The van der Waals surface area contributed by atoms with E-state index in [1.807, 2.05) is 12.1 Å². The van der Waals surface area contributed by atoms with Crippen molar-refractivity contribution in [3.05, 3.63) is 48.7 Å². The molecule has 3 rings (SSSR count). The van der Waals surface area contributed by atoms with Crippen molar-refractivity contribution >= 4 is 23.0 Å². The number of nitrogens with zero attached hydrogens (tertiary/aromatic N) is 3. The van der Waals surface area contributed by atoms with Gasteiger partial charge in [-0.15, -0.1) is 0 Å². The molecule has 0 aliphatic carbocycles. The SMILES string of the molecule is NC(=O)/C=C/c1c[nH]c2ncc(-c3ccncn3)cc12. The van der Waals surface area contributed by atoms with Crippen molar-refractivity contribution in [1.29, 1.82) is 0 Å². The smallest absolute Gasteiger partial charge is 0.241 e. The van der Waals surface area contributed by atoms with Gasteiger partial charge in [0.1, 0.15) is 12.0 Å². The van der Waals surface area contributed by atoms with Gasteiger partial charge in [-0.3, -0.25) is 4.79 Å². The number of fused-ring (bicyclic) bond motifs is 1. The first kappa shape index (κ1) is 12.0. The number of nitrogens with one attached hydrogen (secondary N) is 1. The van der Waals surface area contributed by atoms with Gasteiger partial charge in [-0.05, 0) is 18.2 Å². The molecule has 0 saturated carbocycles. The molecule has 0 aliphatic heterocycles. The van der Waals surface area contributed by atoms with E-state index in [2.05, 4.69) is 19.9 Å². The Bertz CT molecular complexity index is 792. The number of aromatic amines is 1. The summed E-state index contributed by atoms with van der Waals surface area (Å²) >= 11 is 0. The average molecular weight is 265 g/mol. The molecule has 0 bridgehead atoms. The lowest BCUT2D eigenvalue weighted by atomic mass is 10.1. The predicted octanol–water partition coefficient (Wildman–Crippen LogP) is 1.52. The Balaban J connectivity index is 2.10. The second-order valence-electron chi connectivity index (χ2n) is 4.19. The summed E-state index contributed by atoms with van der Waals surface area (Å²) < 4.78 is 0. The Morgan fingerprint density at radius 1 is 1.35 bits per heavy atom. The van der Waals surface area contributed by atoms with Crippen LogP contribution in [0, 0.1) is 0 Å². The molecule has 1 amide bonds. The third-order valence-corrected chi connectivity index (χ3v) is 2.87. The second kappa shape index (κ2) is 4.93. The lowest BCUT2D eigenvalue weighted by molar-refractivity contribution is -0.113. The third kappa shape index (κ3) is 2.26. The highest BCUT2D eigenvalue weighted by atomic mass is 16.1. The molecule has 3 aromatic heterocycles. The quantitative estimate of drug-likeness (QED) is 0.701. The Morgan fingerprint density at radius 3 is 3.00 bits per heavy atom. The van der Waals surface area contributed by atoms with Gasteiger partial charge in [-0.25, -0.2) is 15.0 Å². The lowest BCUT2D eigenvalue weighted by Gasteiger charge is -2.00. The van der Waals surface area contributed by atoms with E-state index in [0.29, 0.717) is 0 Å². The van der Waals surface area contributed by atoms with Crippen LogP contribution in [0.3, 0.4) is 0 Å². The van der Waals surface area contributed by atoms with E-state index in [1.165, 1.54) is 12.4 Å². The number of amides is 1. The first-order chi connectivity index (χ1) is 9.74. The van der Waals surface area contributed by atoms with E-state index in [0.717, 1.165) is 27.9 Å². The van der Waals surface area contributed by atoms with Gasteiger partial charge in [0.15, 0.2) is 0 Å². The second-order valence-corrected chi connectivity index (χ2v) is 4.19.